The molecule has 0 aromatic heterocycles. The van der Waals surface area contributed by atoms with Gasteiger partial charge >= 0.3 is 5.69 Å². The zero-order valence-corrected chi connectivity index (χ0v) is 11.3. The smallest absolute Gasteiger partial charge is 0.311 e. The number of hydrogen-bond acceptors (Lipinski definition) is 5. The average Bonchev–Trinajstić information content (AvgIpc) is 2.40. The highest BCUT2D eigenvalue weighted by molar-refractivity contribution is 5.48. The molecule has 0 radical (unpaired) electrons. The van der Waals surface area contributed by atoms with Crippen molar-refractivity contribution in [2.45, 2.75) is 19.9 Å². The molecule has 0 aliphatic heterocycles. The molecule has 1 aromatic carbocycles. The minimum Gasteiger partial charge on any atom is -0.484 e. The van der Waals surface area contributed by atoms with Gasteiger partial charge in [0.25, 0.3) is 0 Å². The van der Waals surface area contributed by atoms with Crippen LogP contribution in [0.5, 0.6) is 5.75 Å². The Kier molecular flexibility index (Phi) is 6.84. The minimum atomic E-state index is -0.429. The van der Waals surface area contributed by atoms with Crippen LogP contribution in [0.15, 0.2) is 18.2 Å². The van der Waals surface area contributed by atoms with Crippen molar-refractivity contribution in [3.8, 4) is 5.75 Å². The lowest BCUT2D eigenvalue weighted by Crippen LogP contribution is -2.09. The highest BCUT2D eigenvalue weighted by Gasteiger charge is 2.15. The van der Waals surface area contributed by atoms with Crippen molar-refractivity contribution in [3.05, 3.63) is 33.9 Å². The first-order chi connectivity index (χ1) is 9.19. The maximum Gasteiger partial charge on any atom is 0.311 e. The van der Waals surface area contributed by atoms with Gasteiger partial charge in [0.2, 0.25) is 0 Å². The fourth-order valence-corrected chi connectivity index (χ4v) is 1.60. The van der Waals surface area contributed by atoms with E-state index in [1.807, 2.05) is 13.0 Å². The molecule has 0 saturated heterocycles. The summed E-state index contributed by atoms with van der Waals surface area (Å²) < 4.78 is 10.7. The summed E-state index contributed by atoms with van der Waals surface area (Å²) in [6.45, 7) is 4.02. The zero-order valence-electron chi connectivity index (χ0n) is 11.3. The first-order valence-corrected chi connectivity index (χ1v) is 6.31. The Morgan fingerprint density at radius 2 is 2.11 bits per heavy atom. The third-order valence-electron chi connectivity index (χ3n) is 2.43. The largest absolute Gasteiger partial charge is 0.484 e. The van der Waals surface area contributed by atoms with Crippen LogP contribution < -0.4 is 10.1 Å². The van der Waals surface area contributed by atoms with E-state index in [2.05, 4.69) is 5.32 Å². The number of nitro benzene ring substituents is 1. The molecule has 6 heteroatoms. The van der Waals surface area contributed by atoms with Gasteiger partial charge in [0, 0.05) is 19.2 Å². The molecule has 0 atom stereocenters. The van der Waals surface area contributed by atoms with E-state index in [4.69, 9.17) is 9.47 Å². The Labute approximate surface area is 112 Å². The minimum absolute atomic E-state index is 0.0109. The molecule has 0 heterocycles. The van der Waals surface area contributed by atoms with Crippen molar-refractivity contribution in [3.63, 3.8) is 0 Å². The van der Waals surface area contributed by atoms with E-state index in [1.54, 1.807) is 13.1 Å². The second-order valence-electron chi connectivity index (χ2n) is 4.05. The maximum atomic E-state index is 11.0. The first kappa shape index (κ1) is 15.4. The molecule has 0 amide bonds. The van der Waals surface area contributed by atoms with E-state index >= 15 is 0 Å². The summed E-state index contributed by atoms with van der Waals surface area (Å²) >= 11 is 0. The molecule has 106 valence electrons. The van der Waals surface area contributed by atoms with E-state index in [0.29, 0.717) is 26.4 Å². The predicted octanol–water partition coefficient (Wildman–Crippen LogP) is 2.12. The fourth-order valence-electron chi connectivity index (χ4n) is 1.60. The molecule has 0 aliphatic rings. The van der Waals surface area contributed by atoms with Crippen molar-refractivity contribution < 1.29 is 14.4 Å². The van der Waals surface area contributed by atoms with Crippen LogP contribution in [0.4, 0.5) is 5.69 Å². The van der Waals surface area contributed by atoms with Gasteiger partial charge in [-0.15, -0.1) is 0 Å². The van der Waals surface area contributed by atoms with E-state index in [-0.39, 0.29) is 11.4 Å². The Morgan fingerprint density at radius 3 is 2.74 bits per heavy atom. The molecule has 6 nitrogen and oxygen atoms in total. The quantitative estimate of drug-likeness (QED) is 0.422. The van der Waals surface area contributed by atoms with Gasteiger partial charge in [0.15, 0.2) is 5.75 Å². The number of ether oxygens (including phenoxy) is 2. The SMILES string of the molecule is CCCOCCOc1ccc(CNC)cc1[N+](=O)[O-]. The van der Waals surface area contributed by atoms with Crippen LogP contribution in [0, 0.1) is 10.1 Å². The van der Waals surface area contributed by atoms with E-state index in [0.717, 1.165) is 12.0 Å². The van der Waals surface area contributed by atoms with Gasteiger partial charge in [-0.25, -0.2) is 0 Å². The summed E-state index contributed by atoms with van der Waals surface area (Å²) in [4.78, 5) is 10.6. The number of benzene rings is 1. The van der Waals surface area contributed by atoms with Crippen molar-refractivity contribution in [2.75, 3.05) is 26.9 Å². The number of rotatable bonds is 9. The summed E-state index contributed by atoms with van der Waals surface area (Å²) in [5, 5.41) is 13.9. The van der Waals surface area contributed by atoms with Crippen LogP contribution in [0.2, 0.25) is 0 Å². The Morgan fingerprint density at radius 1 is 1.32 bits per heavy atom. The number of hydrogen-bond donors (Lipinski definition) is 1. The van der Waals surface area contributed by atoms with Crippen LogP contribution in [0.1, 0.15) is 18.9 Å². The molecule has 0 saturated carbocycles. The number of nitrogens with one attached hydrogen (secondary N) is 1. The third kappa shape index (κ3) is 5.23. The maximum absolute atomic E-state index is 11.0. The summed E-state index contributed by atoms with van der Waals surface area (Å²) in [6, 6.07) is 4.97. The molecule has 0 aliphatic carbocycles. The van der Waals surface area contributed by atoms with Crippen molar-refractivity contribution in [1.82, 2.24) is 5.32 Å². The highest BCUT2D eigenvalue weighted by Crippen LogP contribution is 2.27. The lowest BCUT2D eigenvalue weighted by molar-refractivity contribution is -0.386. The molecule has 0 bridgehead atoms. The molecule has 19 heavy (non-hydrogen) atoms. The van der Waals surface area contributed by atoms with Gasteiger partial charge < -0.3 is 14.8 Å². The van der Waals surface area contributed by atoms with Gasteiger partial charge in [-0.1, -0.05) is 13.0 Å². The van der Waals surface area contributed by atoms with Gasteiger partial charge in [-0.3, -0.25) is 10.1 Å². The second-order valence-corrected chi connectivity index (χ2v) is 4.05. The van der Waals surface area contributed by atoms with Crippen LogP contribution in [0.3, 0.4) is 0 Å². The Bertz CT molecular complexity index is 410. The molecular weight excluding hydrogens is 248 g/mol. The van der Waals surface area contributed by atoms with Gasteiger partial charge in [-0.2, -0.15) is 0 Å². The van der Waals surface area contributed by atoms with E-state index < -0.39 is 4.92 Å². The lowest BCUT2D eigenvalue weighted by Gasteiger charge is -2.08. The van der Waals surface area contributed by atoms with Crippen molar-refractivity contribution in [2.24, 2.45) is 0 Å². The van der Waals surface area contributed by atoms with Gasteiger partial charge in [-0.05, 0) is 25.1 Å². The molecule has 0 fully saturated rings. The lowest BCUT2D eigenvalue weighted by atomic mass is 10.2. The average molecular weight is 268 g/mol. The van der Waals surface area contributed by atoms with Crippen molar-refractivity contribution >= 4 is 5.69 Å². The molecule has 0 unspecified atom stereocenters. The zero-order chi connectivity index (χ0) is 14.1. The summed E-state index contributed by atoms with van der Waals surface area (Å²) in [6.07, 6.45) is 0.943. The summed E-state index contributed by atoms with van der Waals surface area (Å²) in [5.41, 5.74) is 0.840. The van der Waals surface area contributed by atoms with Gasteiger partial charge in [0.05, 0.1) is 11.5 Å². The molecule has 0 spiro atoms. The standard InChI is InChI=1S/C13H20N2O4/c1-3-6-18-7-8-19-13-5-4-11(10-14-2)9-12(13)15(16)17/h4-5,9,14H,3,6-8,10H2,1-2H3. The molecule has 1 N–H and O–H groups in total. The Hall–Kier alpha value is -1.66. The topological polar surface area (TPSA) is 73.6 Å². The van der Waals surface area contributed by atoms with Crippen LogP contribution in [-0.4, -0.2) is 31.8 Å². The number of nitrogens with zero attached hydrogens (tertiary/aromatic N) is 1. The first-order valence-electron chi connectivity index (χ1n) is 6.31. The van der Waals surface area contributed by atoms with Crippen LogP contribution in [-0.2, 0) is 11.3 Å². The van der Waals surface area contributed by atoms with Crippen molar-refractivity contribution in [1.29, 1.82) is 0 Å². The predicted molar refractivity (Wildman–Crippen MR) is 72.5 cm³/mol. The number of nitro groups is 1. The van der Waals surface area contributed by atoms with E-state index in [1.165, 1.54) is 6.07 Å². The summed E-state index contributed by atoms with van der Waals surface area (Å²) in [5.74, 6) is 0.282. The molecule has 1 rings (SSSR count). The monoisotopic (exact) mass is 268 g/mol. The molecule has 1 aromatic rings. The second kappa shape index (κ2) is 8.44. The Balaban J connectivity index is 2.63. The van der Waals surface area contributed by atoms with Crippen LogP contribution >= 0.6 is 0 Å². The van der Waals surface area contributed by atoms with Crippen LogP contribution in [0.25, 0.3) is 0 Å². The third-order valence-corrected chi connectivity index (χ3v) is 2.43. The highest BCUT2D eigenvalue weighted by atomic mass is 16.6. The normalized spacial score (nSPS) is 10.4. The molecular formula is C13H20N2O4. The summed E-state index contributed by atoms with van der Waals surface area (Å²) in [7, 11) is 1.79. The van der Waals surface area contributed by atoms with E-state index in [9.17, 15) is 10.1 Å². The van der Waals surface area contributed by atoms with Gasteiger partial charge in [0.1, 0.15) is 6.61 Å². The fraction of sp³-hybridized carbons (Fsp3) is 0.538.